The van der Waals surface area contributed by atoms with Gasteiger partial charge in [0.15, 0.2) is 6.29 Å². The van der Waals surface area contributed by atoms with Gasteiger partial charge in [0.1, 0.15) is 24.4 Å². The second kappa shape index (κ2) is 37.7. The number of ether oxygens (including phenoxy) is 2. The zero-order valence-electron chi connectivity index (χ0n) is 39.2. The van der Waals surface area contributed by atoms with Gasteiger partial charge in [-0.1, -0.05) is 95.8 Å². The van der Waals surface area contributed by atoms with E-state index < -0.39 is 73.3 Å². The van der Waals surface area contributed by atoms with Crippen LogP contribution in [0.3, 0.4) is 0 Å². The van der Waals surface area contributed by atoms with E-state index in [2.05, 4.69) is 160 Å². The molecule has 2 heterocycles. The third-order valence-electron chi connectivity index (χ3n) is 9.83. The standard InChI is InChI=1S/C57H54N2O10S/c1-4-7-9-11-13-15-17-19-20-21-22-23-24-25-26-27-28-29-31-33-35-37-39-41-50(61)58-46(52(63)47(60)40-38-36-34-32-30-18-16-14-12-10-8-5-2)44-68-57-55(66)54(65)53(64)48(69-57)45-70-49-43-51(62)59(42-6-3)56(49)67/h3,43,46-48,52-55,57,60,63-66H,5,8,10,12,14,16,18,30,32,34,36,38,40,42,44-45H2,1-2H3,(H,58,61)/t46-,47+,48?,52-,53-,54-,55?,57-/m0/s1. The van der Waals surface area contributed by atoms with Gasteiger partial charge in [0.05, 0.1) is 36.3 Å². The Balaban J connectivity index is 2.04. The molecule has 0 aromatic carbocycles. The largest absolute Gasteiger partial charge is 0.390 e. The van der Waals surface area contributed by atoms with Crippen LogP contribution in [0.2, 0.25) is 0 Å². The van der Waals surface area contributed by atoms with Crippen molar-refractivity contribution in [3.8, 4) is 154 Å². The highest BCUT2D eigenvalue weighted by Gasteiger charge is 2.45. The minimum atomic E-state index is -1.78. The maximum Gasteiger partial charge on any atom is 0.297 e. The Morgan fingerprint density at radius 1 is 0.700 bits per heavy atom. The molecule has 2 aliphatic rings. The fourth-order valence-electron chi connectivity index (χ4n) is 6.23. The average Bonchev–Trinajstić information content (AvgIpc) is 3.62. The summed E-state index contributed by atoms with van der Waals surface area (Å²) in [6.45, 7) is 3.11. The summed E-state index contributed by atoms with van der Waals surface area (Å²) in [6.07, 6.45) is 9.17. The van der Waals surface area contributed by atoms with Gasteiger partial charge in [0, 0.05) is 53.3 Å². The van der Waals surface area contributed by atoms with Crippen molar-refractivity contribution in [1.82, 2.24) is 10.2 Å². The van der Waals surface area contributed by atoms with Gasteiger partial charge in [-0.2, -0.15) is 0 Å². The van der Waals surface area contributed by atoms with Gasteiger partial charge in [-0.15, -0.1) is 18.2 Å². The summed E-state index contributed by atoms with van der Waals surface area (Å²) in [5.41, 5.74) is 0. The molecular weight excluding hydrogens is 905 g/mol. The molecule has 1 fully saturated rings. The highest BCUT2D eigenvalue weighted by molar-refractivity contribution is 8.04. The molecule has 0 spiro atoms. The first-order chi connectivity index (χ1) is 34.0. The van der Waals surface area contributed by atoms with E-state index >= 15 is 0 Å². The third-order valence-corrected chi connectivity index (χ3v) is 10.9. The van der Waals surface area contributed by atoms with Gasteiger partial charge < -0.3 is 40.3 Å². The van der Waals surface area contributed by atoms with Gasteiger partial charge in [-0.05, 0) is 108 Å². The van der Waals surface area contributed by atoms with Crippen LogP contribution in [-0.2, 0) is 23.9 Å². The Kier molecular flexibility index (Phi) is 31.6. The smallest absolute Gasteiger partial charge is 0.297 e. The number of aliphatic hydroxyl groups is 5. The Morgan fingerprint density at radius 3 is 1.63 bits per heavy atom. The first kappa shape index (κ1) is 58.8. The van der Waals surface area contributed by atoms with Gasteiger partial charge in [0.25, 0.3) is 17.7 Å². The van der Waals surface area contributed by atoms with Crippen molar-refractivity contribution < 1.29 is 49.4 Å². The van der Waals surface area contributed by atoms with Crippen molar-refractivity contribution >= 4 is 29.5 Å². The molecule has 1 saturated heterocycles. The van der Waals surface area contributed by atoms with Crippen molar-refractivity contribution in [3.05, 3.63) is 11.0 Å². The molecule has 3 amide bonds. The van der Waals surface area contributed by atoms with E-state index in [9.17, 15) is 39.9 Å². The van der Waals surface area contributed by atoms with E-state index in [0.29, 0.717) is 6.42 Å². The van der Waals surface area contributed by atoms with Crippen LogP contribution >= 0.6 is 11.8 Å². The number of unbranched alkanes of at least 4 members (excludes halogenated alkanes) is 11. The Bertz CT molecular complexity index is 2690. The van der Waals surface area contributed by atoms with Gasteiger partial charge in [-0.3, -0.25) is 19.3 Å². The molecule has 8 atom stereocenters. The number of imide groups is 1. The Morgan fingerprint density at radius 2 is 1.16 bits per heavy atom. The maximum atomic E-state index is 12.9. The first-order valence-electron chi connectivity index (χ1n) is 22.6. The highest BCUT2D eigenvalue weighted by Crippen LogP contribution is 2.30. The summed E-state index contributed by atoms with van der Waals surface area (Å²) in [4.78, 5) is 38.6. The third kappa shape index (κ3) is 25.2. The number of terminal acetylenes is 1. The number of carbonyl (C=O) groups is 3. The van der Waals surface area contributed by atoms with Crippen LogP contribution in [0, 0.1) is 154 Å². The lowest BCUT2D eigenvalue weighted by atomic mass is 9.98. The SMILES string of the molecule is C#CCN1C(=O)C=C(SCC2O[C@H](OC[C@H](NC(=O)C#CC#CC#CC#CC#CC#CC#CC#CC#CC#CC#CC#CC)[C@H](O)[C@H](O)CCCCCCCCCCCCCC)C(O)[C@@H](O)[C@H]2O)C1=O. The van der Waals surface area contributed by atoms with E-state index in [-0.39, 0.29) is 23.6 Å². The lowest BCUT2D eigenvalue weighted by molar-refractivity contribution is -0.294. The van der Waals surface area contributed by atoms with Gasteiger partial charge in [0.2, 0.25) is 0 Å². The zero-order valence-corrected chi connectivity index (χ0v) is 40.0. The van der Waals surface area contributed by atoms with Crippen LogP contribution in [0.4, 0.5) is 0 Å². The van der Waals surface area contributed by atoms with E-state index in [1.165, 1.54) is 44.9 Å². The lowest BCUT2D eigenvalue weighted by Crippen LogP contribution is -2.60. The van der Waals surface area contributed by atoms with Crippen LogP contribution in [0.25, 0.3) is 0 Å². The molecule has 358 valence electrons. The molecule has 2 unspecified atom stereocenters. The second-order valence-corrected chi connectivity index (χ2v) is 16.1. The van der Waals surface area contributed by atoms with E-state index in [0.717, 1.165) is 48.4 Å². The summed E-state index contributed by atoms with van der Waals surface area (Å²) in [5, 5.41) is 56.8. The van der Waals surface area contributed by atoms with Crippen LogP contribution in [0.1, 0.15) is 97.3 Å². The zero-order chi connectivity index (χ0) is 51.0. The van der Waals surface area contributed by atoms with Crippen molar-refractivity contribution in [2.24, 2.45) is 0 Å². The summed E-state index contributed by atoms with van der Waals surface area (Å²) in [5.74, 6) is 59.3. The number of nitrogens with one attached hydrogen (secondary N) is 1. The predicted octanol–water partition coefficient (Wildman–Crippen LogP) is 1.79. The van der Waals surface area contributed by atoms with Crippen molar-refractivity contribution in [1.29, 1.82) is 0 Å². The van der Waals surface area contributed by atoms with Crippen LogP contribution < -0.4 is 5.32 Å². The molecule has 2 rings (SSSR count). The summed E-state index contributed by atoms with van der Waals surface area (Å²) in [6, 6.07) is -1.30. The number of amides is 3. The molecule has 0 aromatic rings. The van der Waals surface area contributed by atoms with E-state index in [1.54, 1.807) is 6.92 Å². The summed E-state index contributed by atoms with van der Waals surface area (Å²) in [7, 11) is 0. The number of hydrogen-bond acceptors (Lipinski definition) is 11. The minimum absolute atomic E-state index is 0.0412. The normalized spacial score (nSPS) is 17.9. The number of hydrogen-bond donors (Lipinski definition) is 6. The summed E-state index contributed by atoms with van der Waals surface area (Å²) < 4.78 is 11.5. The molecule has 13 heteroatoms. The molecule has 12 nitrogen and oxygen atoms in total. The molecule has 0 aromatic heterocycles. The molecule has 0 saturated carbocycles. The fraction of sp³-hybridized carbons (Fsp3) is 0.456. The highest BCUT2D eigenvalue weighted by atomic mass is 32.2. The van der Waals surface area contributed by atoms with E-state index in [4.69, 9.17) is 15.9 Å². The number of nitrogens with zero attached hydrogens (tertiary/aromatic N) is 1. The lowest BCUT2D eigenvalue weighted by Gasteiger charge is -2.41. The topological polar surface area (TPSA) is 186 Å². The quantitative estimate of drug-likeness (QED) is 0.0499. The average molecular weight is 959 g/mol. The van der Waals surface area contributed by atoms with Crippen molar-refractivity contribution in [2.45, 2.75) is 146 Å². The molecule has 0 aliphatic carbocycles. The molecule has 0 bridgehead atoms. The Hall–Kier alpha value is -7.30. The van der Waals surface area contributed by atoms with E-state index in [1.807, 2.05) is 0 Å². The van der Waals surface area contributed by atoms with Crippen molar-refractivity contribution in [3.63, 3.8) is 0 Å². The molecule has 6 N–H and O–H groups in total. The molecule has 0 radical (unpaired) electrons. The number of aliphatic hydroxyl groups excluding tert-OH is 5. The van der Waals surface area contributed by atoms with Gasteiger partial charge >= 0.3 is 0 Å². The summed E-state index contributed by atoms with van der Waals surface area (Å²) >= 11 is 0.876. The van der Waals surface area contributed by atoms with Crippen LogP contribution in [0.5, 0.6) is 0 Å². The number of rotatable bonds is 23. The molecule has 70 heavy (non-hydrogen) atoms. The fourth-order valence-corrected chi connectivity index (χ4v) is 7.27. The van der Waals surface area contributed by atoms with Crippen LogP contribution in [-0.4, -0.2) is 116 Å². The minimum Gasteiger partial charge on any atom is -0.390 e. The molecular formula is C57H54N2O10S. The maximum absolute atomic E-state index is 12.9. The number of thioether (sulfide) groups is 1. The number of carbonyl (C=O) groups excluding carboxylic acids is 3. The second-order valence-electron chi connectivity index (χ2n) is 15.0. The monoisotopic (exact) mass is 958 g/mol. The van der Waals surface area contributed by atoms with Crippen molar-refractivity contribution in [2.75, 3.05) is 18.9 Å². The first-order valence-corrected chi connectivity index (χ1v) is 23.6. The Labute approximate surface area is 418 Å². The van der Waals surface area contributed by atoms with Gasteiger partial charge in [-0.25, -0.2) is 0 Å². The predicted molar refractivity (Wildman–Crippen MR) is 267 cm³/mol. The van der Waals surface area contributed by atoms with Crippen LogP contribution in [0.15, 0.2) is 11.0 Å². The molecule has 2 aliphatic heterocycles.